The number of anilines is 1. The molecule has 1 aromatic heterocycles. The summed E-state index contributed by atoms with van der Waals surface area (Å²) in [5.74, 6) is 0.674. The Hall–Kier alpha value is -1.09. The maximum absolute atomic E-state index is 8.81. The fourth-order valence-electron chi connectivity index (χ4n) is 1.62. The van der Waals surface area contributed by atoms with Gasteiger partial charge in [-0.2, -0.15) is 5.26 Å². The van der Waals surface area contributed by atoms with Crippen LogP contribution in [-0.4, -0.2) is 36.1 Å². The van der Waals surface area contributed by atoms with Crippen LogP contribution in [0.15, 0.2) is 6.07 Å². The summed E-state index contributed by atoms with van der Waals surface area (Å²) < 4.78 is 0. The van der Waals surface area contributed by atoms with Crippen LogP contribution >= 0.6 is 24.8 Å². The summed E-state index contributed by atoms with van der Waals surface area (Å²) in [6.45, 7) is 5.56. The zero-order valence-corrected chi connectivity index (χ0v) is 11.1. The largest absolute Gasteiger partial charge is 0.338 e. The number of nitrogens with one attached hydrogen (secondary N) is 1. The first-order valence-corrected chi connectivity index (χ1v) is 5.01. The molecule has 1 N–H and O–H groups in total. The maximum atomic E-state index is 8.81. The summed E-state index contributed by atoms with van der Waals surface area (Å²) in [4.78, 5) is 10.6. The van der Waals surface area contributed by atoms with Crippen molar-refractivity contribution < 1.29 is 0 Å². The lowest BCUT2D eigenvalue weighted by Crippen LogP contribution is -2.44. The molecule has 0 unspecified atom stereocenters. The van der Waals surface area contributed by atoms with Gasteiger partial charge < -0.3 is 10.2 Å². The smallest absolute Gasteiger partial charge is 0.226 e. The molecule has 2 rings (SSSR count). The summed E-state index contributed by atoms with van der Waals surface area (Å²) in [5, 5.41) is 12.1. The van der Waals surface area contributed by atoms with Crippen LogP contribution in [-0.2, 0) is 0 Å². The average Bonchev–Trinajstić information content (AvgIpc) is 2.29. The molecule has 0 atom stereocenters. The second-order valence-electron chi connectivity index (χ2n) is 3.54. The fourth-order valence-corrected chi connectivity index (χ4v) is 1.62. The highest BCUT2D eigenvalue weighted by atomic mass is 35.5. The highest BCUT2D eigenvalue weighted by molar-refractivity contribution is 5.85. The van der Waals surface area contributed by atoms with E-state index in [0.717, 1.165) is 31.9 Å². The van der Waals surface area contributed by atoms with Crippen LogP contribution < -0.4 is 10.2 Å². The van der Waals surface area contributed by atoms with Gasteiger partial charge in [-0.15, -0.1) is 24.8 Å². The highest BCUT2D eigenvalue weighted by Crippen LogP contribution is 2.10. The Bertz CT molecular complexity index is 398. The minimum absolute atomic E-state index is 0. The average molecular weight is 276 g/mol. The molecule has 94 valence electrons. The number of nitriles is 1. The topological polar surface area (TPSA) is 64.8 Å². The lowest BCUT2D eigenvalue weighted by Gasteiger charge is -2.27. The van der Waals surface area contributed by atoms with E-state index in [9.17, 15) is 0 Å². The van der Waals surface area contributed by atoms with E-state index < -0.39 is 0 Å². The second kappa shape index (κ2) is 7.28. The number of halogens is 2. The van der Waals surface area contributed by atoms with Gasteiger partial charge in [-0.25, -0.2) is 9.97 Å². The third-order valence-electron chi connectivity index (χ3n) is 2.36. The van der Waals surface area contributed by atoms with Crippen molar-refractivity contribution in [1.82, 2.24) is 15.3 Å². The van der Waals surface area contributed by atoms with Gasteiger partial charge in [-0.05, 0) is 13.0 Å². The molecule has 0 spiro atoms. The van der Waals surface area contributed by atoms with E-state index in [2.05, 4.69) is 26.3 Å². The van der Waals surface area contributed by atoms with E-state index in [-0.39, 0.29) is 24.8 Å². The molecule has 17 heavy (non-hydrogen) atoms. The highest BCUT2D eigenvalue weighted by Gasteiger charge is 2.13. The molecule has 0 aliphatic carbocycles. The third-order valence-corrected chi connectivity index (χ3v) is 2.36. The minimum Gasteiger partial charge on any atom is -0.338 e. The van der Waals surface area contributed by atoms with Crippen molar-refractivity contribution in [3.63, 3.8) is 0 Å². The number of aromatic nitrogens is 2. The van der Waals surface area contributed by atoms with Crippen LogP contribution in [0.3, 0.4) is 0 Å². The quantitative estimate of drug-likeness (QED) is 0.826. The summed E-state index contributed by atoms with van der Waals surface area (Å²) in [6, 6.07) is 3.75. The van der Waals surface area contributed by atoms with Gasteiger partial charge in [0.25, 0.3) is 0 Å². The third kappa shape index (κ3) is 4.00. The van der Waals surface area contributed by atoms with Crippen LogP contribution in [0.5, 0.6) is 0 Å². The molecule has 7 heteroatoms. The summed E-state index contributed by atoms with van der Waals surface area (Å²) >= 11 is 0. The molecule has 0 radical (unpaired) electrons. The number of nitrogens with zero attached hydrogens (tertiary/aromatic N) is 4. The Kier molecular flexibility index (Phi) is 6.81. The molecule has 0 aromatic carbocycles. The molecular formula is C10H15Cl2N5. The van der Waals surface area contributed by atoms with Crippen LogP contribution in [0.2, 0.25) is 0 Å². The monoisotopic (exact) mass is 275 g/mol. The number of aryl methyl sites for hydroxylation is 1. The first kappa shape index (κ1) is 15.9. The van der Waals surface area contributed by atoms with Crippen molar-refractivity contribution in [1.29, 1.82) is 5.26 Å². The number of hydrogen-bond acceptors (Lipinski definition) is 5. The molecule has 0 saturated carbocycles. The Morgan fingerprint density at radius 1 is 1.29 bits per heavy atom. The normalized spacial score (nSPS) is 14.2. The lowest BCUT2D eigenvalue weighted by molar-refractivity contribution is 0.579. The van der Waals surface area contributed by atoms with E-state index in [1.165, 1.54) is 0 Å². The van der Waals surface area contributed by atoms with E-state index in [1.54, 1.807) is 6.07 Å². The van der Waals surface area contributed by atoms with Gasteiger partial charge in [-0.1, -0.05) is 0 Å². The SMILES string of the molecule is Cc1cc(C#N)nc(N2CCNCC2)n1.Cl.Cl. The Morgan fingerprint density at radius 3 is 2.53 bits per heavy atom. The number of hydrogen-bond donors (Lipinski definition) is 1. The standard InChI is InChI=1S/C10H13N5.2ClH/c1-8-6-9(7-11)14-10(13-8)15-4-2-12-3-5-15;;/h6,12H,2-5H2,1H3;2*1H. The van der Waals surface area contributed by atoms with Crippen molar-refractivity contribution in [2.75, 3.05) is 31.1 Å². The van der Waals surface area contributed by atoms with Crippen molar-refractivity contribution in [2.24, 2.45) is 0 Å². The van der Waals surface area contributed by atoms with Crippen molar-refractivity contribution in [3.8, 4) is 6.07 Å². The molecule has 1 aliphatic heterocycles. The van der Waals surface area contributed by atoms with Gasteiger partial charge >= 0.3 is 0 Å². The van der Waals surface area contributed by atoms with Crippen LogP contribution in [0, 0.1) is 18.3 Å². The fraction of sp³-hybridized carbons (Fsp3) is 0.500. The van der Waals surface area contributed by atoms with E-state index in [4.69, 9.17) is 5.26 Å². The summed E-state index contributed by atoms with van der Waals surface area (Å²) in [5.41, 5.74) is 1.28. The maximum Gasteiger partial charge on any atom is 0.226 e. The molecule has 1 aliphatic rings. The molecule has 0 bridgehead atoms. The molecule has 0 amide bonds. The summed E-state index contributed by atoms with van der Waals surface area (Å²) in [6.07, 6.45) is 0. The van der Waals surface area contributed by atoms with Crippen molar-refractivity contribution in [2.45, 2.75) is 6.92 Å². The van der Waals surface area contributed by atoms with Crippen LogP contribution in [0.4, 0.5) is 5.95 Å². The van der Waals surface area contributed by atoms with Crippen molar-refractivity contribution in [3.05, 3.63) is 17.5 Å². The summed E-state index contributed by atoms with van der Waals surface area (Å²) in [7, 11) is 0. The molecule has 1 saturated heterocycles. The molecular weight excluding hydrogens is 261 g/mol. The lowest BCUT2D eigenvalue weighted by atomic mass is 10.3. The minimum atomic E-state index is 0. The van der Waals surface area contributed by atoms with E-state index in [0.29, 0.717) is 11.6 Å². The zero-order valence-electron chi connectivity index (χ0n) is 9.51. The molecule has 1 aromatic rings. The molecule has 5 nitrogen and oxygen atoms in total. The Labute approximate surface area is 113 Å². The zero-order chi connectivity index (χ0) is 10.7. The van der Waals surface area contributed by atoms with Gasteiger partial charge in [0.2, 0.25) is 5.95 Å². The second-order valence-corrected chi connectivity index (χ2v) is 3.54. The predicted octanol–water partition coefficient (Wildman–Crippen LogP) is 0.910. The van der Waals surface area contributed by atoms with Crippen molar-refractivity contribution >= 4 is 30.8 Å². The Balaban J connectivity index is 0.00000128. The Morgan fingerprint density at radius 2 is 1.94 bits per heavy atom. The van der Waals surface area contributed by atoms with E-state index >= 15 is 0 Å². The van der Waals surface area contributed by atoms with Crippen LogP contribution in [0.25, 0.3) is 0 Å². The number of rotatable bonds is 1. The van der Waals surface area contributed by atoms with Gasteiger partial charge in [-0.3, -0.25) is 0 Å². The first-order valence-electron chi connectivity index (χ1n) is 5.01. The van der Waals surface area contributed by atoms with E-state index in [1.807, 2.05) is 6.92 Å². The van der Waals surface area contributed by atoms with Gasteiger partial charge in [0.05, 0.1) is 0 Å². The molecule has 1 fully saturated rings. The molecule has 2 heterocycles. The van der Waals surface area contributed by atoms with Gasteiger partial charge in [0, 0.05) is 31.9 Å². The van der Waals surface area contributed by atoms with Gasteiger partial charge in [0.15, 0.2) is 0 Å². The van der Waals surface area contributed by atoms with Gasteiger partial charge in [0.1, 0.15) is 11.8 Å². The first-order chi connectivity index (χ1) is 7.29. The predicted molar refractivity (Wildman–Crippen MR) is 71.1 cm³/mol. The number of piperazine rings is 1. The van der Waals surface area contributed by atoms with Crippen LogP contribution in [0.1, 0.15) is 11.4 Å².